The summed E-state index contributed by atoms with van der Waals surface area (Å²) in [4.78, 5) is 63.8. The van der Waals surface area contributed by atoms with Gasteiger partial charge in [0.15, 0.2) is 17.2 Å². The monoisotopic (exact) mass is 846 g/mol. The molecule has 0 unspecified atom stereocenters. The molecule has 2 aromatic carbocycles. The van der Waals surface area contributed by atoms with Crippen molar-refractivity contribution in [3.05, 3.63) is 76.1 Å². The highest BCUT2D eigenvalue weighted by Crippen LogP contribution is 2.47. The van der Waals surface area contributed by atoms with Gasteiger partial charge in [-0.15, -0.1) is 5.10 Å². The van der Waals surface area contributed by atoms with Crippen LogP contribution in [0.1, 0.15) is 109 Å². The predicted octanol–water partition coefficient (Wildman–Crippen LogP) is 6.75. The van der Waals surface area contributed by atoms with E-state index in [-0.39, 0.29) is 36.7 Å². The molecule has 10 rings (SSSR count). The van der Waals surface area contributed by atoms with E-state index in [0.29, 0.717) is 44.9 Å². The molecule has 2 saturated carbocycles. The summed E-state index contributed by atoms with van der Waals surface area (Å²) in [6.45, 7) is 5.98. The third kappa shape index (κ3) is 7.81. The fraction of sp³-hybridized carbons (Fsp3) is 0.522. The maximum atomic E-state index is 13.7. The summed E-state index contributed by atoms with van der Waals surface area (Å²) in [6, 6.07) is 13.7. The topological polar surface area (TPSA) is 148 Å². The predicted molar refractivity (Wildman–Crippen MR) is 235 cm³/mol. The highest BCUT2D eigenvalue weighted by Gasteiger charge is 2.40. The Labute approximate surface area is 361 Å². The van der Waals surface area contributed by atoms with Crippen molar-refractivity contribution >= 4 is 63.9 Å². The van der Waals surface area contributed by atoms with E-state index in [1.165, 1.54) is 66.8 Å². The molecule has 15 heteroatoms. The minimum absolute atomic E-state index is 0.0341. The van der Waals surface area contributed by atoms with E-state index in [0.717, 1.165) is 76.3 Å². The van der Waals surface area contributed by atoms with Crippen LogP contribution in [0.4, 0.5) is 27.7 Å². The van der Waals surface area contributed by atoms with E-state index >= 15 is 0 Å². The summed E-state index contributed by atoms with van der Waals surface area (Å²) in [7, 11) is 1.88. The van der Waals surface area contributed by atoms with Crippen molar-refractivity contribution in [2.75, 3.05) is 68.0 Å². The van der Waals surface area contributed by atoms with Gasteiger partial charge in [-0.2, -0.15) is 0 Å². The number of fused-ring (bicyclic) bond motifs is 2. The van der Waals surface area contributed by atoms with Gasteiger partial charge in [0, 0.05) is 69.6 Å². The lowest BCUT2D eigenvalue weighted by Crippen LogP contribution is -2.49. The molecular weight excluding hydrogens is 792 g/mol. The molecule has 3 N–H and O–H groups in total. The summed E-state index contributed by atoms with van der Waals surface area (Å²) >= 11 is 6.45. The molecule has 0 radical (unpaired) electrons. The first kappa shape index (κ1) is 39.9. The number of benzene rings is 2. The second-order valence-electron chi connectivity index (χ2n) is 18.3. The molecule has 2 aromatic heterocycles. The average Bonchev–Trinajstić information content (AvgIpc) is 3.81. The number of hydrogen-bond acceptors (Lipinski definition) is 9. The maximum Gasteiger partial charge on any atom is 0.328 e. The number of carbonyl (C=O) groups excluding carboxylic acids is 4. The number of imide groups is 1. The number of urea groups is 1. The number of hydrogen-bond donors (Lipinski definition) is 3. The second kappa shape index (κ2) is 16.2. The molecule has 61 heavy (non-hydrogen) atoms. The lowest BCUT2D eigenvalue weighted by atomic mass is 9.65. The third-order valence-corrected chi connectivity index (χ3v) is 14.9. The first-order valence-electron chi connectivity index (χ1n) is 22.3. The van der Waals surface area contributed by atoms with Gasteiger partial charge in [0.2, 0.25) is 5.91 Å². The van der Waals surface area contributed by atoms with Crippen LogP contribution in [0.5, 0.6) is 0 Å². The molecule has 4 aliphatic heterocycles. The number of rotatable bonds is 9. The Morgan fingerprint density at radius 3 is 2.38 bits per heavy atom. The van der Waals surface area contributed by atoms with Crippen molar-refractivity contribution in [2.24, 2.45) is 11.3 Å². The maximum absolute atomic E-state index is 13.7. The zero-order chi connectivity index (χ0) is 41.8. The number of imidazole rings is 1. The number of carbonyl (C=O) groups is 4. The summed E-state index contributed by atoms with van der Waals surface area (Å²) in [5, 5.41) is 14.1. The number of likely N-dealkylation sites (tertiary alicyclic amines) is 2. The van der Waals surface area contributed by atoms with Gasteiger partial charge in [0.1, 0.15) is 0 Å². The average molecular weight is 847 g/mol. The zero-order valence-corrected chi connectivity index (χ0v) is 35.7. The minimum atomic E-state index is -0.513. The number of piperidine rings is 2. The van der Waals surface area contributed by atoms with Crippen LogP contribution < -0.4 is 25.8 Å². The first-order chi connectivity index (χ1) is 29.6. The Hall–Kier alpha value is -5.21. The number of aromatic nitrogens is 3. The lowest BCUT2D eigenvalue weighted by Gasteiger charge is -2.47. The van der Waals surface area contributed by atoms with E-state index in [9.17, 15) is 19.2 Å². The number of amides is 5. The van der Waals surface area contributed by atoms with Crippen LogP contribution in [0.15, 0.2) is 48.7 Å². The molecule has 3 saturated heterocycles. The van der Waals surface area contributed by atoms with Gasteiger partial charge in [-0.05, 0) is 136 Å². The highest BCUT2D eigenvalue weighted by molar-refractivity contribution is 6.34. The summed E-state index contributed by atoms with van der Waals surface area (Å²) in [5.41, 5.74) is 7.36. The summed E-state index contributed by atoms with van der Waals surface area (Å²) in [6.07, 6.45) is 14.2. The second-order valence-corrected chi connectivity index (χ2v) is 18.7. The molecule has 2 aliphatic carbocycles. The highest BCUT2D eigenvalue weighted by atomic mass is 35.5. The lowest BCUT2D eigenvalue weighted by molar-refractivity contribution is -0.120. The van der Waals surface area contributed by atoms with E-state index in [2.05, 4.69) is 48.9 Å². The SMILES string of the molecule is CNc1cc(N2CCc3c(C4CCN(CC5CCC6(CC5)CCN(C(=O)c5ccc(Cl)c(N7CCC(=O)NC7=O)c5)CC6)CC4)cccc32)nn2c(C(=O)NC3CC3)cnc12. The third-order valence-electron chi connectivity index (χ3n) is 14.6. The summed E-state index contributed by atoms with van der Waals surface area (Å²) in [5.74, 6) is 1.60. The Morgan fingerprint density at radius 2 is 1.64 bits per heavy atom. The van der Waals surface area contributed by atoms with E-state index < -0.39 is 6.03 Å². The fourth-order valence-corrected chi connectivity index (χ4v) is 11.0. The molecule has 6 heterocycles. The Bertz CT molecular complexity index is 2370. The van der Waals surface area contributed by atoms with Crippen molar-refractivity contribution < 1.29 is 19.2 Å². The van der Waals surface area contributed by atoms with E-state index in [1.807, 2.05) is 18.0 Å². The number of nitrogens with zero attached hydrogens (tertiary/aromatic N) is 7. The number of anilines is 4. The number of nitrogens with one attached hydrogen (secondary N) is 3. The molecule has 14 nitrogen and oxygen atoms in total. The molecule has 5 fully saturated rings. The van der Waals surface area contributed by atoms with E-state index in [4.69, 9.17) is 16.7 Å². The first-order valence-corrected chi connectivity index (χ1v) is 22.7. The van der Waals surface area contributed by atoms with Crippen LogP contribution in [-0.4, -0.2) is 107 Å². The smallest absolute Gasteiger partial charge is 0.328 e. The van der Waals surface area contributed by atoms with Gasteiger partial charge < -0.3 is 25.3 Å². The van der Waals surface area contributed by atoms with Gasteiger partial charge in [0.05, 0.1) is 22.6 Å². The molecule has 320 valence electrons. The minimum Gasteiger partial charge on any atom is -0.385 e. The Morgan fingerprint density at radius 1 is 0.869 bits per heavy atom. The van der Waals surface area contributed by atoms with Gasteiger partial charge in [-0.3, -0.25) is 24.6 Å². The number of halogens is 1. The van der Waals surface area contributed by atoms with Gasteiger partial charge in [0.25, 0.3) is 11.8 Å². The molecule has 1 spiro atoms. The van der Waals surface area contributed by atoms with Crippen LogP contribution in [0.3, 0.4) is 0 Å². The quantitative estimate of drug-likeness (QED) is 0.167. The Balaban J connectivity index is 0.720. The van der Waals surface area contributed by atoms with Crippen molar-refractivity contribution in [3.8, 4) is 0 Å². The van der Waals surface area contributed by atoms with Crippen molar-refractivity contribution in [2.45, 2.75) is 89.0 Å². The van der Waals surface area contributed by atoms with Crippen LogP contribution in [0.2, 0.25) is 5.02 Å². The van der Waals surface area contributed by atoms with Crippen molar-refractivity contribution in [1.29, 1.82) is 0 Å². The standard InChI is InChI=1S/C46H55ClN10O4/c1-48-36-26-40(52-57-39(27-49-42(36)57)43(59)50-32-6-7-32)55-21-13-34-33(3-2-4-37(34)55)30-11-19-53(20-12-30)28-29-9-15-46(16-10-29)17-23-54(24-18-46)44(60)31-5-8-35(47)38(25-31)56-22-14-41(58)51-45(56)61/h2-5,8,25-27,29-30,32,48H,6-7,9-24,28H2,1H3,(H,50,59)(H,51,58,61). The molecule has 0 bridgehead atoms. The van der Waals surface area contributed by atoms with Gasteiger partial charge >= 0.3 is 6.03 Å². The Kier molecular flexibility index (Phi) is 10.6. The molecule has 4 aromatic rings. The normalized spacial score (nSPS) is 21.2. The summed E-state index contributed by atoms with van der Waals surface area (Å²) < 4.78 is 1.69. The fourth-order valence-electron chi connectivity index (χ4n) is 10.8. The molecule has 6 aliphatic rings. The zero-order valence-electron chi connectivity index (χ0n) is 34.9. The van der Waals surface area contributed by atoms with Crippen LogP contribution in [-0.2, 0) is 11.2 Å². The molecule has 0 atom stereocenters. The van der Waals surface area contributed by atoms with Crippen LogP contribution in [0.25, 0.3) is 5.65 Å². The van der Waals surface area contributed by atoms with Crippen molar-refractivity contribution in [1.82, 2.24) is 35.0 Å². The van der Waals surface area contributed by atoms with E-state index in [1.54, 1.807) is 28.9 Å². The van der Waals surface area contributed by atoms with Crippen LogP contribution >= 0.6 is 11.6 Å². The van der Waals surface area contributed by atoms with Crippen LogP contribution in [0, 0.1) is 11.3 Å². The van der Waals surface area contributed by atoms with Crippen molar-refractivity contribution in [3.63, 3.8) is 0 Å². The largest absolute Gasteiger partial charge is 0.385 e. The van der Waals surface area contributed by atoms with Gasteiger partial charge in [-0.25, -0.2) is 14.3 Å². The molecular formula is C46H55ClN10O4. The van der Waals surface area contributed by atoms with Gasteiger partial charge in [-0.1, -0.05) is 23.7 Å². The molecule has 5 amide bonds.